The van der Waals surface area contributed by atoms with Gasteiger partial charge in [0.15, 0.2) is 8.32 Å². The standard InChI is InChI=1S/C34H58FNO5Si/c1-11-27(32(40)34(7,8)30(38)20-22-37)31(39)25(3)16-14-15-24(2)18-19-29(41-42(9,10)33(4,5)6)28(35)23-26-17-12-13-21-36-26/h12-13,17-18,21,23,25,27,29-31,37-39H,11,14-16,19-20,22H2,1-10H3/t25-,27+,29-,30-,31-/m0/s1. The van der Waals surface area contributed by atoms with E-state index in [1.165, 1.54) is 6.08 Å². The fraction of sp³-hybridized carbons (Fsp3) is 0.706. The lowest BCUT2D eigenvalue weighted by Gasteiger charge is -2.38. The van der Waals surface area contributed by atoms with Gasteiger partial charge in [-0.25, -0.2) is 4.39 Å². The van der Waals surface area contributed by atoms with E-state index in [4.69, 9.17) is 4.43 Å². The molecular formula is C34H58FNO5Si. The average Bonchev–Trinajstić information content (AvgIpc) is 2.91. The lowest BCUT2D eigenvalue weighted by Crippen LogP contribution is -2.45. The van der Waals surface area contributed by atoms with Crippen LogP contribution in [0, 0.1) is 17.3 Å². The molecule has 1 heterocycles. The summed E-state index contributed by atoms with van der Waals surface area (Å²) in [6.45, 7) is 19.7. The van der Waals surface area contributed by atoms with Crippen molar-refractivity contribution in [2.75, 3.05) is 6.61 Å². The molecule has 240 valence electrons. The molecule has 0 saturated carbocycles. The van der Waals surface area contributed by atoms with Crippen LogP contribution in [0.25, 0.3) is 6.08 Å². The van der Waals surface area contributed by atoms with Crippen LogP contribution in [0.15, 0.2) is 41.9 Å². The second-order valence-electron chi connectivity index (χ2n) is 13.9. The molecule has 0 amide bonds. The molecule has 0 radical (unpaired) electrons. The molecule has 0 aromatic carbocycles. The number of nitrogens with zero attached hydrogens (tertiary/aromatic N) is 1. The highest BCUT2D eigenvalue weighted by Gasteiger charge is 2.42. The van der Waals surface area contributed by atoms with Crippen molar-refractivity contribution >= 4 is 20.2 Å². The predicted molar refractivity (Wildman–Crippen MR) is 173 cm³/mol. The van der Waals surface area contributed by atoms with E-state index >= 15 is 4.39 Å². The van der Waals surface area contributed by atoms with Gasteiger partial charge in [-0.15, -0.1) is 0 Å². The lowest BCUT2D eigenvalue weighted by atomic mass is 9.71. The molecule has 3 N–H and O–H groups in total. The molecule has 0 aliphatic rings. The maximum absolute atomic E-state index is 15.5. The van der Waals surface area contributed by atoms with Crippen molar-refractivity contribution in [1.29, 1.82) is 0 Å². The van der Waals surface area contributed by atoms with E-state index in [0.717, 1.165) is 24.8 Å². The van der Waals surface area contributed by atoms with Crippen LogP contribution in [-0.2, 0) is 9.22 Å². The minimum Gasteiger partial charge on any atom is -0.407 e. The molecule has 42 heavy (non-hydrogen) atoms. The Kier molecular flexibility index (Phi) is 15.5. The van der Waals surface area contributed by atoms with Crippen molar-refractivity contribution in [2.24, 2.45) is 17.3 Å². The molecule has 1 aromatic rings. The van der Waals surface area contributed by atoms with Crippen molar-refractivity contribution in [3.05, 3.63) is 47.6 Å². The molecule has 0 bridgehead atoms. The number of halogens is 1. The van der Waals surface area contributed by atoms with Gasteiger partial charge in [-0.1, -0.05) is 66.2 Å². The number of pyridine rings is 1. The normalized spacial score (nSPS) is 17.5. The monoisotopic (exact) mass is 607 g/mol. The Balaban J connectivity index is 2.89. The quantitative estimate of drug-likeness (QED) is 0.117. The van der Waals surface area contributed by atoms with Gasteiger partial charge >= 0.3 is 0 Å². The number of hydrogen-bond acceptors (Lipinski definition) is 6. The first-order valence-electron chi connectivity index (χ1n) is 15.5. The third kappa shape index (κ3) is 11.4. The van der Waals surface area contributed by atoms with Crippen molar-refractivity contribution in [1.82, 2.24) is 4.98 Å². The van der Waals surface area contributed by atoms with Gasteiger partial charge in [-0.3, -0.25) is 9.78 Å². The molecule has 0 aliphatic carbocycles. The summed E-state index contributed by atoms with van der Waals surface area (Å²) in [6, 6.07) is 5.40. The number of aromatic nitrogens is 1. The van der Waals surface area contributed by atoms with E-state index < -0.39 is 38.0 Å². The highest BCUT2D eigenvalue weighted by molar-refractivity contribution is 6.74. The third-order valence-electron chi connectivity index (χ3n) is 9.08. The van der Waals surface area contributed by atoms with Crippen molar-refractivity contribution in [2.45, 2.75) is 130 Å². The number of hydrogen-bond donors (Lipinski definition) is 3. The summed E-state index contributed by atoms with van der Waals surface area (Å²) in [5.74, 6) is -1.19. The van der Waals surface area contributed by atoms with Crippen LogP contribution in [-0.4, -0.2) is 59.3 Å². The number of carbonyl (C=O) groups is 1. The van der Waals surface area contributed by atoms with Gasteiger partial charge in [0, 0.05) is 24.1 Å². The van der Waals surface area contributed by atoms with Crippen LogP contribution in [0.5, 0.6) is 0 Å². The first-order valence-corrected chi connectivity index (χ1v) is 18.4. The summed E-state index contributed by atoms with van der Waals surface area (Å²) in [5, 5.41) is 30.6. The summed E-state index contributed by atoms with van der Waals surface area (Å²) < 4.78 is 22.0. The maximum atomic E-state index is 15.5. The minimum atomic E-state index is -2.24. The Labute approximate surface area is 255 Å². The van der Waals surface area contributed by atoms with Gasteiger partial charge in [0.2, 0.25) is 0 Å². The Morgan fingerprint density at radius 2 is 1.79 bits per heavy atom. The summed E-state index contributed by atoms with van der Waals surface area (Å²) >= 11 is 0. The van der Waals surface area contributed by atoms with Gasteiger partial charge in [0.05, 0.1) is 17.9 Å². The summed E-state index contributed by atoms with van der Waals surface area (Å²) in [7, 11) is -2.24. The van der Waals surface area contributed by atoms with E-state index in [1.807, 2.05) is 32.9 Å². The number of aliphatic hydroxyl groups excluding tert-OH is 3. The zero-order valence-corrected chi connectivity index (χ0v) is 28.8. The molecule has 0 unspecified atom stereocenters. The van der Waals surface area contributed by atoms with E-state index in [-0.39, 0.29) is 35.6 Å². The Morgan fingerprint density at radius 3 is 2.31 bits per heavy atom. The number of allylic oxidation sites excluding steroid dienone is 1. The molecule has 8 heteroatoms. The fourth-order valence-electron chi connectivity index (χ4n) is 4.83. The van der Waals surface area contributed by atoms with Crippen molar-refractivity contribution in [3.63, 3.8) is 0 Å². The van der Waals surface area contributed by atoms with Gasteiger partial charge in [-0.2, -0.15) is 0 Å². The van der Waals surface area contributed by atoms with E-state index in [2.05, 4.69) is 38.8 Å². The molecule has 0 saturated heterocycles. The van der Waals surface area contributed by atoms with Crippen molar-refractivity contribution < 1.29 is 28.9 Å². The average molecular weight is 608 g/mol. The van der Waals surface area contributed by atoms with Gasteiger partial charge in [-0.05, 0) is 87.7 Å². The Bertz CT molecular complexity index is 1020. The van der Waals surface area contributed by atoms with Gasteiger partial charge in [0.25, 0.3) is 0 Å². The zero-order chi connectivity index (χ0) is 32.3. The fourth-order valence-corrected chi connectivity index (χ4v) is 6.11. The predicted octanol–water partition coefficient (Wildman–Crippen LogP) is 7.65. The summed E-state index contributed by atoms with van der Waals surface area (Å²) in [6.07, 6.45) is 6.04. The number of aliphatic hydroxyl groups is 3. The number of Topliss-reactive ketones (excluding diaryl/α,β-unsaturated/α-hetero) is 1. The molecular weight excluding hydrogens is 549 g/mol. The smallest absolute Gasteiger partial charge is 0.193 e. The van der Waals surface area contributed by atoms with Crippen LogP contribution in [0.4, 0.5) is 4.39 Å². The van der Waals surface area contributed by atoms with Crippen LogP contribution < -0.4 is 0 Å². The minimum absolute atomic E-state index is 0.0594. The molecule has 1 aromatic heterocycles. The second kappa shape index (κ2) is 17.0. The van der Waals surface area contributed by atoms with Crippen LogP contribution in [0.3, 0.4) is 0 Å². The maximum Gasteiger partial charge on any atom is 0.193 e. The molecule has 6 nitrogen and oxygen atoms in total. The van der Waals surface area contributed by atoms with E-state index in [9.17, 15) is 20.1 Å². The van der Waals surface area contributed by atoms with Gasteiger partial charge < -0.3 is 19.7 Å². The third-order valence-corrected chi connectivity index (χ3v) is 13.6. The topological polar surface area (TPSA) is 99.9 Å². The first-order chi connectivity index (χ1) is 19.4. The molecule has 0 spiro atoms. The van der Waals surface area contributed by atoms with Crippen molar-refractivity contribution in [3.8, 4) is 0 Å². The second-order valence-corrected chi connectivity index (χ2v) is 18.7. The molecule has 0 aliphatic heterocycles. The van der Waals surface area contributed by atoms with Crippen LogP contribution in [0.2, 0.25) is 18.1 Å². The number of ketones is 1. The highest BCUT2D eigenvalue weighted by atomic mass is 28.4. The molecule has 0 fully saturated rings. The zero-order valence-electron chi connectivity index (χ0n) is 27.8. The highest BCUT2D eigenvalue weighted by Crippen LogP contribution is 2.39. The van der Waals surface area contributed by atoms with Crippen LogP contribution >= 0.6 is 0 Å². The lowest BCUT2D eigenvalue weighted by molar-refractivity contribution is -0.143. The first kappa shape index (κ1) is 38.3. The number of rotatable bonds is 18. The SMILES string of the molecule is CC[C@@H](C(=O)C(C)(C)[C@@H](O)CCO)[C@@H](O)[C@@H](C)CCCC(C)=CC[C@H](O[Si](C)(C)C(C)(C)C)C(F)=Cc1ccccn1. The van der Waals surface area contributed by atoms with Gasteiger partial charge in [0.1, 0.15) is 17.7 Å². The van der Waals surface area contributed by atoms with E-state index in [0.29, 0.717) is 18.5 Å². The molecule has 1 rings (SSSR count). The molecule has 5 atom stereocenters. The van der Waals surface area contributed by atoms with Crippen LogP contribution in [0.1, 0.15) is 99.6 Å². The number of carbonyl (C=O) groups excluding carboxylic acids is 1. The largest absolute Gasteiger partial charge is 0.407 e. The Morgan fingerprint density at radius 1 is 1.14 bits per heavy atom. The summed E-state index contributed by atoms with van der Waals surface area (Å²) in [5.41, 5.74) is 0.636. The van der Waals surface area contributed by atoms with E-state index in [1.54, 1.807) is 32.2 Å². The summed E-state index contributed by atoms with van der Waals surface area (Å²) in [4.78, 5) is 17.5. The Hall–Kier alpha value is -1.71.